The highest BCUT2D eigenvalue weighted by Crippen LogP contribution is 2.10. The summed E-state index contributed by atoms with van der Waals surface area (Å²) in [6.45, 7) is 1.32. The SMILES string of the molecule is CC(=O)CC(=O)Nc1cc(Cl)c2c(c1)=NC(=O)N=2. The fourth-order valence-corrected chi connectivity index (χ4v) is 1.76. The smallest absolute Gasteiger partial charge is 0.326 e. The third-order valence-electron chi connectivity index (χ3n) is 2.16. The van der Waals surface area contributed by atoms with Crippen LogP contribution in [0.5, 0.6) is 0 Å². The summed E-state index contributed by atoms with van der Waals surface area (Å²) >= 11 is 5.91. The first-order valence-corrected chi connectivity index (χ1v) is 5.44. The molecule has 0 fully saturated rings. The predicted molar refractivity (Wildman–Crippen MR) is 63.1 cm³/mol. The zero-order valence-corrected chi connectivity index (χ0v) is 10.1. The quantitative estimate of drug-likeness (QED) is 0.813. The minimum absolute atomic E-state index is 0.213. The van der Waals surface area contributed by atoms with Gasteiger partial charge in [0.05, 0.1) is 16.8 Å². The molecular weight excluding hydrogens is 258 g/mol. The summed E-state index contributed by atoms with van der Waals surface area (Å²) in [6, 6.07) is 2.31. The fourth-order valence-electron chi connectivity index (χ4n) is 1.51. The number of carbonyl (C=O) groups excluding carboxylic acids is 3. The highest BCUT2D eigenvalue weighted by Gasteiger charge is 2.11. The Hall–Kier alpha value is -2.08. The number of halogens is 1. The molecule has 1 aliphatic heterocycles. The summed E-state index contributed by atoms with van der Waals surface area (Å²) in [5, 5.41) is 3.33. The van der Waals surface area contributed by atoms with Gasteiger partial charge in [-0.2, -0.15) is 9.98 Å². The minimum atomic E-state index is -0.626. The van der Waals surface area contributed by atoms with Crippen LogP contribution in [0.15, 0.2) is 22.1 Å². The molecule has 1 N–H and O–H groups in total. The van der Waals surface area contributed by atoms with Crippen molar-refractivity contribution in [1.82, 2.24) is 0 Å². The summed E-state index contributed by atoms with van der Waals surface area (Å²) < 4.78 is 0. The number of urea groups is 1. The third-order valence-corrected chi connectivity index (χ3v) is 2.45. The van der Waals surface area contributed by atoms with E-state index < -0.39 is 11.9 Å². The van der Waals surface area contributed by atoms with E-state index in [-0.39, 0.29) is 17.2 Å². The fraction of sp³-hybridized carbons (Fsp3) is 0.182. The monoisotopic (exact) mass is 265 g/mol. The normalized spacial score (nSPS) is 12.4. The summed E-state index contributed by atoms with van der Waals surface area (Å²) in [5.74, 6) is -0.686. The Morgan fingerprint density at radius 1 is 1.33 bits per heavy atom. The Morgan fingerprint density at radius 3 is 2.72 bits per heavy atom. The summed E-state index contributed by atoms with van der Waals surface area (Å²) in [4.78, 5) is 40.4. The van der Waals surface area contributed by atoms with Gasteiger partial charge in [0, 0.05) is 5.69 Å². The molecular formula is C11H8ClN3O3. The molecule has 18 heavy (non-hydrogen) atoms. The Bertz CT molecular complexity index is 682. The van der Waals surface area contributed by atoms with Crippen LogP contribution in [0.1, 0.15) is 13.3 Å². The standard InChI is InChI=1S/C11H8ClN3O3/c1-5(16)2-9(17)13-6-3-7(12)10-8(4-6)14-11(18)15-10/h3-4H,2H2,1H3,(H,13,17). The number of Topliss-reactive ketones (excluding diaryl/α,β-unsaturated/α-hetero) is 1. The maximum Gasteiger partial charge on any atom is 0.368 e. The van der Waals surface area contributed by atoms with Gasteiger partial charge in [0.15, 0.2) is 0 Å². The van der Waals surface area contributed by atoms with Crippen LogP contribution in [0.4, 0.5) is 10.5 Å². The van der Waals surface area contributed by atoms with Crippen molar-refractivity contribution in [1.29, 1.82) is 0 Å². The van der Waals surface area contributed by atoms with E-state index in [1.807, 2.05) is 0 Å². The second-order valence-electron chi connectivity index (χ2n) is 3.76. The van der Waals surface area contributed by atoms with Gasteiger partial charge >= 0.3 is 6.03 Å². The summed E-state index contributed by atoms with van der Waals surface area (Å²) in [5.41, 5.74) is 0.374. The molecule has 0 aromatic heterocycles. The number of benzene rings is 1. The molecule has 1 heterocycles. The zero-order chi connectivity index (χ0) is 13.3. The lowest BCUT2D eigenvalue weighted by molar-refractivity contribution is -0.124. The van der Waals surface area contributed by atoms with Crippen LogP contribution < -0.4 is 16.0 Å². The molecule has 0 radical (unpaired) electrons. The number of nitrogens with one attached hydrogen (secondary N) is 1. The number of nitrogens with zero attached hydrogens (tertiary/aromatic N) is 2. The molecule has 0 aliphatic carbocycles. The molecule has 7 heteroatoms. The zero-order valence-electron chi connectivity index (χ0n) is 9.36. The molecule has 1 aromatic rings. The molecule has 0 spiro atoms. The van der Waals surface area contributed by atoms with Gasteiger partial charge in [-0.1, -0.05) is 11.6 Å². The molecule has 3 amide bonds. The van der Waals surface area contributed by atoms with Crippen LogP contribution in [0, 0.1) is 0 Å². The van der Waals surface area contributed by atoms with Crippen LogP contribution in [0.3, 0.4) is 0 Å². The number of carbonyl (C=O) groups is 3. The molecule has 0 atom stereocenters. The van der Waals surface area contributed by atoms with Crippen molar-refractivity contribution in [3.8, 4) is 0 Å². The number of amides is 3. The first-order chi connectivity index (χ1) is 8.45. The van der Waals surface area contributed by atoms with Crippen molar-refractivity contribution in [2.75, 3.05) is 5.32 Å². The van der Waals surface area contributed by atoms with E-state index in [2.05, 4.69) is 15.3 Å². The van der Waals surface area contributed by atoms with Crippen molar-refractivity contribution >= 4 is 35.0 Å². The molecule has 2 rings (SSSR count). The molecule has 0 unspecified atom stereocenters. The van der Waals surface area contributed by atoms with Crippen LogP contribution in [-0.4, -0.2) is 17.7 Å². The maximum absolute atomic E-state index is 11.4. The van der Waals surface area contributed by atoms with Gasteiger partial charge in [0.25, 0.3) is 0 Å². The van der Waals surface area contributed by atoms with E-state index >= 15 is 0 Å². The Balaban J connectivity index is 2.31. The molecule has 92 valence electrons. The Kier molecular flexibility index (Phi) is 3.20. The Morgan fingerprint density at radius 2 is 2.06 bits per heavy atom. The van der Waals surface area contributed by atoms with Crippen molar-refractivity contribution in [2.24, 2.45) is 9.98 Å². The van der Waals surface area contributed by atoms with E-state index in [0.29, 0.717) is 16.4 Å². The van der Waals surface area contributed by atoms with Crippen molar-refractivity contribution in [3.05, 3.63) is 27.9 Å². The lowest BCUT2D eigenvalue weighted by Gasteiger charge is -2.03. The van der Waals surface area contributed by atoms with Crippen LogP contribution >= 0.6 is 11.6 Å². The number of ketones is 1. The van der Waals surface area contributed by atoms with Gasteiger partial charge in [-0.15, -0.1) is 0 Å². The van der Waals surface area contributed by atoms with Gasteiger partial charge < -0.3 is 5.32 Å². The minimum Gasteiger partial charge on any atom is -0.326 e. The first kappa shape index (κ1) is 12.4. The van der Waals surface area contributed by atoms with Crippen molar-refractivity contribution in [3.63, 3.8) is 0 Å². The lowest BCUT2D eigenvalue weighted by atomic mass is 10.2. The number of hydrogen-bond acceptors (Lipinski definition) is 3. The van der Waals surface area contributed by atoms with Gasteiger partial charge in [0.2, 0.25) is 5.91 Å². The third kappa shape index (κ3) is 2.60. The number of rotatable bonds is 3. The van der Waals surface area contributed by atoms with Gasteiger partial charge in [-0.3, -0.25) is 9.59 Å². The molecule has 1 aliphatic rings. The molecule has 6 nitrogen and oxygen atoms in total. The molecule has 0 saturated heterocycles. The van der Waals surface area contributed by atoms with Gasteiger partial charge in [-0.05, 0) is 19.1 Å². The number of anilines is 1. The Labute approximate surface area is 106 Å². The van der Waals surface area contributed by atoms with Crippen molar-refractivity contribution in [2.45, 2.75) is 13.3 Å². The number of fused-ring (bicyclic) bond motifs is 1. The highest BCUT2D eigenvalue weighted by atomic mass is 35.5. The second-order valence-corrected chi connectivity index (χ2v) is 4.17. The first-order valence-electron chi connectivity index (χ1n) is 5.06. The highest BCUT2D eigenvalue weighted by molar-refractivity contribution is 6.30. The van der Waals surface area contributed by atoms with Crippen LogP contribution in [-0.2, 0) is 9.59 Å². The maximum atomic E-state index is 11.4. The second kappa shape index (κ2) is 4.66. The molecule has 1 aromatic carbocycles. The van der Waals surface area contributed by atoms with E-state index in [1.165, 1.54) is 19.1 Å². The topological polar surface area (TPSA) is 88.0 Å². The molecule has 0 bridgehead atoms. The number of hydrogen-bond donors (Lipinski definition) is 1. The average molecular weight is 266 g/mol. The van der Waals surface area contributed by atoms with Crippen LogP contribution in [0.25, 0.3) is 0 Å². The summed E-state index contributed by atoms with van der Waals surface area (Å²) in [7, 11) is 0. The summed E-state index contributed by atoms with van der Waals surface area (Å²) in [6.07, 6.45) is -0.213. The predicted octanol–water partition coefficient (Wildman–Crippen LogP) is 0.630. The molecule has 0 saturated carbocycles. The lowest BCUT2D eigenvalue weighted by Crippen LogP contribution is -2.24. The van der Waals surface area contributed by atoms with Crippen LogP contribution in [0.2, 0.25) is 5.02 Å². The average Bonchev–Trinajstić information content (AvgIpc) is 2.57. The van der Waals surface area contributed by atoms with E-state index in [0.717, 1.165) is 0 Å². The van der Waals surface area contributed by atoms with E-state index in [4.69, 9.17) is 11.6 Å². The van der Waals surface area contributed by atoms with Crippen molar-refractivity contribution < 1.29 is 14.4 Å². The van der Waals surface area contributed by atoms with Gasteiger partial charge in [-0.25, -0.2) is 4.79 Å². The largest absolute Gasteiger partial charge is 0.368 e. The van der Waals surface area contributed by atoms with E-state index in [1.54, 1.807) is 0 Å². The van der Waals surface area contributed by atoms with E-state index in [9.17, 15) is 14.4 Å². The van der Waals surface area contributed by atoms with Gasteiger partial charge in [0.1, 0.15) is 11.1 Å².